The Morgan fingerprint density at radius 2 is 2.00 bits per heavy atom. The molecule has 0 amide bonds. The van der Waals surface area contributed by atoms with Crippen molar-refractivity contribution in [2.45, 2.75) is 25.4 Å². The molecule has 2 rings (SSSR count). The van der Waals surface area contributed by atoms with Gasteiger partial charge in [0.2, 0.25) is 0 Å². The molecule has 1 aromatic carbocycles. The van der Waals surface area contributed by atoms with E-state index in [4.69, 9.17) is 4.74 Å². The second-order valence-electron chi connectivity index (χ2n) is 4.42. The molecule has 1 aliphatic heterocycles. The standard InChI is InChI=1S/C14H18N2O/c15-10-14(13-6-8-17-9-7-13)16-11-12-4-2-1-3-5-12/h1-5,13-14,16H,6-9,11H2/t14-/m1/s1. The molecule has 1 N–H and O–H groups in total. The SMILES string of the molecule is N#C[C@@H](NCc1ccccc1)C1CCOCC1. The minimum absolute atomic E-state index is 0.0564. The van der Waals surface area contributed by atoms with Gasteiger partial charge < -0.3 is 4.74 Å². The Kier molecular flexibility index (Phi) is 4.54. The minimum atomic E-state index is -0.0564. The molecule has 1 aromatic rings. The molecule has 1 saturated heterocycles. The summed E-state index contributed by atoms with van der Waals surface area (Å²) in [5.74, 6) is 0.428. The Hall–Kier alpha value is -1.37. The highest BCUT2D eigenvalue weighted by atomic mass is 16.5. The largest absolute Gasteiger partial charge is 0.381 e. The lowest BCUT2D eigenvalue weighted by Gasteiger charge is -2.26. The molecule has 1 heterocycles. The topological polar surface area (TPSA) is 45.0 Å². The van der Waals surface area contributed by atoms with E-state index in [9.17, 15) is 5.26 Å². The highest BCUT2D eigenvalue weighted by Crippen LogP contribution is 2.18. The number of nitriles is 1. The van der Waals surface area contributed by atoms with Gasteiger partial charge in [0.15, 0.2) is 0 Å². The normalized spacial score (nSPS) is 18.5. The van der Waals surface area contributed by atoms with Crippen LogP contribution in [0.15, 0.2) is 30.3 Å². The average Bonchev–Trinajstić information content (AvgIpc) is 2.42. The summed E-state index contributed by atoms with van der Waals surface area (Å²) in [5, 5.41) is 12.5. The summed E-state index contributed by atoms with van der Waals surface area (Å²) in [6, 6.07) is 12.5. The fraction of sp³-hybridized carbons (Fsp3) is 0.500. The quantitative estimate of drug-likeness (QED) is 0.861. The van der Waals surface area contributed by atoms with Gasteiger partial charge in [0.25, 0.3) is 0 Å². The Morgan fingerprint density at radius 3 is 2.65 bits per heavy atom. The van der Waals surface area contributed by atoms with Gasteiger partial charge in [-0.05, 0) is 24.3 Å². The van der Waals surface area contributed by atoms with Gasteiger partial charge >= 0.3 is 0 Å². The van der Waals surface area contributed by atoms with Crippen molar-refractivity contribution in [2.75, 3.05) is 13.2 Å². The first-order valence-electron chi connectivity index (χ1n) is 6.15. The Labute approximate surface area is 102 Å². The summed E-state index contributed by atoms with van der Waals surface area (Å²) in [4.78, 5) is 0. The first-order chi connectivity index (χ1) is 8.40. The first-order valence-corrected chi connectivity index (χ1v) is 6.15. The van der Waals surface area contributed by atoms with Crippen LogP contribution in [-0.2, 0) is 11.3 Å². The number of rotatable bonds is 4. The predicted molar refractivity (Wildman–Crippen MR) is 66.2 cm³/mol. The number of hydrogen-bond donors (Lipinski definition) is 1. The van der Waals surface area contributed by atoms with E-state index in [-0.39, 0.29) is 6.04 Å². The van der Waals surface area contributed by atoms with E-state index in [2.05, 4.69) is 23.5 Å². The number of hydrogen-bond acceptors (Lipinski definition) is 3. The number of benzene rings is 1. The van der Waals surface area contributed by atoms with Gasteiger partial charge in [-0.15, -0.1) is 0 Å². The van der Waals surface area contributed by atoms with Crippen LogP contribution in [0.3, 0.4) is 0 Å². The van der Waals surface area contributed by atoms with Gasteiger partial charge in [-0.3, -0.25) is 5.32 Å². The highest BCUT2D eigenvalue weighted by molar-refractivity contribution is 5.14. The van der Waals surface area contributed by atoms with Crippen molar-refractivity contribution in [1.82, 2.24) is 5.32 Å². The molecule has 3 nitrogen and oxygen atoms in total. The van der Waals surface area contributed by atoms with E-state index in [1.165, 1.54) is 5.56 Å². The zero-order chi connectivity index (χ0) is 11.9. The molecule has 0 aromatic heterocycles. The van der Waals surface area contributed by atoms with Gasteiger partial charge in [0, 0.05) is 19.8 Å². The zero-order valence-electron chi connectivity index (χ0n) is 9.93. The summed E-state index contributed by atoms with van der Waals surface area (Å²) in [5.41, 5.74) is 1.22. The van der Waals surface area contributed by atoms with Gasteiger partial charge in [0.1, 0.15) is 0 Å². The van der Waals surface area contributed by atoms with Crippen molar-refractivity contribution < 1.29 is 4.74 Å². The summed E-state index contributed by atoms with van der Waals surface area (Å²) < 4.78 is 5.32. The van der Waals surface area contributed by atoms with E-state index >= 15 is 0 Å². The summed E-state index contributed by atoms with van der Waals surface area (Å²) in [7, 11) is 0. The molecule has 1 atom stereocenters. The average molecular weight is 230 g/mol. The Bertz CT molecular complexity index is 366. The molecule has 0 radical (unpaired) electrons. The molecule has 0 unspecified atom stereocenters. The number of ether oxygens (including phenoxy) is 1. The molecule has 90 valence electrons. The van der Waals surface area contributed by atoms with Crippen molar-refractivity contribution in [1.29, 1.82) is 5.26 Å². The van der Waals surface area contributed by atoms with Crippen LogP contribution >= 0.6 is 0 Å². The van der Waals surface area contributed by atoms with E-state index in [0.717, 1.165) is 32.6 Å². The molecule has 17 heavy (non-hydrogen) atoms. The first kappa shape index (κ1) is 12.1. The number of nitrogens with zero attached hydrogens (tertiary/aromatic N) is 1. The molecular weight excluding hydrogens is 212 g/mol. The van der Waals surface area contributed by atoms with Crippen molar-refractivity contribution in [3.8, 4) is 6.07 Å². The minimum Gasteiger partial charge on any atom is -0.381 e. The second-order valence-corrected chi connectivity index (χ2v) is 4.42. The third kappa shape index (κ3) is 3.55. The molecule has 0 bridgehead atoms. The third-order valence-electron chi connectivity index (χ3n) is 3.25. The monoisotopic (exact) mass is 230 g/mol. The lowest BCUT2D eigenvalue weighted by Crippen LogP contribution is -2.37. The molecule has 1 aliphatic rings. The number of nitrogens with one attached hydrogen (secondary N) is 1. The predicted octanol–water partition coefficient (Wildman–Crippen LogP) is 2.09. The maximum atomic E-state index is 9.20. The summed E-state index contributed by atoms with van der Waals surface area (Å²) in [6.45, 7) is 2.34. The smallest absolute Gasteiger partial charge is 0.0985 e. The molecule has 0 saturated carbocycles. The van der Waals surface area contributed by atoms with Crippen LogP contribution in [0.5, 0.6) is 0 Å². The zero-order valence-corrected chi connectivity index (χ0v) is 9.93. The fourth-order valence-corrected chi connectivity index (χ4v) is 2.19. The molecule has 1 fully saturated rings. The van der Waals surface area contributed by atoms with E-state index in [0.29, 0.717) is 5.92 Å². The van der Waals surface area contributed by atoms with E-state index in [1.807, 2.05) is 18.2 Å². The Morgan fingerprint density at radius 1 is 1.29 bits per heavy atom. The second kappa shape index (κ2) is 6.39. The highest BCUT2D eigenvalue weighted by Gasteiger charge is 2.23. The van der Waals surface area contributed by atoms with Crippen molar-refractivity contribution in [3.05, 3.63) is 35.9 Å². The lowest BCUT2D eigenvalue weighted by molar-refractivity contribution is 0.0597. The summed E-state index contributed by atoms with van der Waals surface area (Å²) in [6.07, 6.45) is 1.97. The summed E-state index contributed by atoms with van der Waals surface area (Å²) >= 11 is 0. The van der Waals surface area contributed by atoms with Crippen LogP contribution in [0.4, 0.5) is 0 Å². The van der Waals surface area contributed by atoms with Crippen molar-refractivity contribution >= 4 is 0 Å². The fourth-order valence-electron chi connectivity index (χ4n) is 2.19. The van der Waals surface area contributed by atoms with E-state index < -0.39 is 0 Å². The van der Waals surface area contributed by atoms with Gasteiger partial charge in [-0.2, -0.15) is 5.26 Å². The van der Waals surface area contributed by atoms with Crippen LogP contribution in [0.1, 0.15) is 18.4 Å². The van der Waals surface area contributed by atoms with Crippen LogP contribution in [0.25, 0.3) is 0 Å². The molecule has 0 aliphatic carbocycles. The lowest BCUT2D eigenvalue weighted by atomic mass is 9.92. The van der Waals surface area contributed by atoms with Gasteiger partial charge in [-0.25, -0.2) is 0 Å². The molecule has 0 spiro atoms. The van der Waals surface area contributed by atoms with Gasteiger partial charge in [0.05, 0.1) is 12.1 Å². The van der Waals surface area contributed by atoms with Crippen LogP contribution < -0.4 is 5.32 Å². The maximum Gasteiger partial charge on any atom is 0.0985 e. The third-order valence-corrected chi connectivity index (χ3v) is 3.25. The van der Waals surface area contributed by atoms with Crippen LogP contribution in [-0.4, -0.2) is 19.3 Å². The molecule has 3 heteroatoms. The van der Waals surface area contributed by atoms with Crippen LogP contribution in [0, 0.1) is 17.2 Å². The van der Waals surface area contributed by atoms with E-state index in [1.54, 1.807) is 0 Å². The molecular formula is C14H18N2O. The Balaban J connectivity index is 1.85. The van der Waals surface area contributed by atoms with Crippen LogP contribution in [0.2, 0.25) is 0 Å². The van der Waals surface area contributed by atoms with Gasteiger partial charge in [-0.1, -0.05) is 30.3 Å². The van der Waals surface area contributed by atoms with Crippen molar-refractivity contribution in [2.24, 2.45) is 5.92 Å². The maximum absolute atomic E-state index is 9.20. The van der Waals surface area contributed by atoms with Crippen molar-refractivity contribution in [3.63, 3.8) is 0 Å².